The molecule has 8 nitrogen and oxygen atoms in total. The van der Waals surface area contributed by atoms with Crippen LogP contribution in [0.3, 0.4) is 0 Å². The first kappa shape index (κ1) is 21.1. The van der Waals surface area contributed by atoms with Crippen LogP contribution in [-0.4, -0.2) is 33.6 Å². The van der Waals surface area contributed by atoms with Gasteiger partial charge in [-0.05, 0) is 42.8 Å². The smallest absolute Gasteiger partial charge is 0.337 e. The Kier molecular flexibility index (Phi) is 5.93. The lowest BCUT2D eigenvalue weighted by molar-refractivity contribution is 0.0600. The van der Waals surface area contributed by atoms with Gasteiger partial charge in [-0.3, -0.25) is 4.72 Å². The van der Waals surface area contributed by atoms with E-state index >= 15 is 0 Å². The summed E-state index contributed by atoms with van der Waals surface area (Å²) in [6, 6.07) is 11.4. The number of allylic oxidation sites excluding steroid dienone is 1. The van der Waals surface area contributed by atoms with Crippen LogP contribution in [0.5, 0.6) is 5.75 Å². The molecule has 3 aromatic rings. The lowest BCUT2D eigenvalue weighted by atomic mass is 10.1. The van der Waals surface area contributed by atoms with Crippen molar-refractivity contribution in [3.63, 3.8) is 0 Å². The monoisotopic (exact) mass is 428 g/mol. The van der Waals surface area contributed by atoms with Gasteiger partial charge in [0.25, 0.3) is 10.0 Å². The number of nitrogens with one attached hydrogen (secondary N) is 1. The van der Waals surface area contributed by atoms with Crippen LogP contribution in [-0.2, 0) is 14.8 Å². The molecule has 2 aromatic carbocycles. The molecular weight excluding hydrogens is 408 g/mol. The Hall–Kier alpha value is -3.59. The van der Waals surface area contributed by atoms with Gasteiger partial charge in [0.05, 0.1) is 25.5 Å². The third-order valence-corrected chi connectivity index (χ3v) is 5.48. The average Bonchev–Trinajstić information content (AvgIpc) is 3.24. The van der Waals surface area contributed by atoms with Gasteiger partial charge in [0.1, 0.15) is 12.0 Å². The standard InChI is InChI=1S/C21H20N2O6S/c1-13(2)14-5-7-15(8-6-14)20-22-19(12-29-20)30(25,26)23-17-10-9-16(21(24)28-4)11-18(17)27-3/h5-12,23H,1H2,2-4H3. The minimum atomic E-state index is -4.06. The highest BCUT2D eigenvalue weighted by molar-refractivity contribution is 7.92. The van der Waals surface area contributed by atoms with E-state index in [0.29, 0.717) is 5.56 Å². The van der Waals surface area contributed by atoms with E-state index in [1.165, 1.54) is 32.4 Å². The molecule has 0 fully saturated rings. The van der Waals surface area contributed by atoms with E-state index < -0.39 is 16.0 Å². The summed E-state index contributed by atoms with van der Waals surface area (Å²) in [7, 11) is -1.45. The van der Waals surface area contributed by atoms with Crippen molar-refractivity contribution in [2.45, 2.75) is 11.9 Å². The number of hydrogen-bond acceptors (Lipinski definition) is 7. The van der Waals surface area contributed by atoms with Gasteiger partial charge < -0.3 is 13.9 Å². The van der Waals surface area contributed by atoms with Crippen molar-refractivity contribution in [3.05, 3.63) is 66.4 Å². The molecule has 0 aliphatic heterocycles. The quantitative estimate of drug-likeness (QED) is 0.567. The number of anilines is 1. The molecule has 30 heavy (non-hydrogen) atoms. The number of hydrogen-bond donors (Lipinski definition) is 1. The third kappa shape index (κ3) is 4.36. The fourth-order valence-electron chi connectivity index (χ4n) is 2.63. The molecule has 0 saturated carbocycles. The average molecular weight is 428 g/mol. The lowest BCUT2D eigenvalue weighted by Gasteiger charge is -2.11. The second kappa shape index (κ2) is 8.42. The van der Waals surface area contributed by atoms with E-state index in [1.54, 1.807) is 12.1 Å². The Balaban J connectivity index is 1.86. The first-order valence-electron chi connectivity index (χ1n) is 8.76. The summed E-state index contributed by atoms with van der Waals surface area (Å²) in [6.45, 7) is 5.77. The van der Waals surface area contributed by atoms with E-state index in [4.69, 9.17) is 9.15 Å². The molecule has 0 aliphatic rings. The Bertz CT molecular complexity index is 1200. The summed E-state index contributed by atoms with van der Waals surface area (Å²) in [4.78, 5) is 15.7. The van der Waals surface area contributed by atoms with Crippen molar-refractivity contribution in [2.75, 3.05) is 18.9 Å². The first-order valence-corrected chi connectivity index (χ1v) is 10.2. The van der Waals surface area contributed by atoms with E-state index in [-0.39, 0.29) is 27.9 Å². The highest BCUT2D eigenvalue weighted by Crippen LogP contribution is 2.29. The van der Waals surface area contributed by atoms with Gasteiger partial charge in [0, 0.05) is 5.56 Å². The predicted octanol–water partition coefficient (Wildman–Crippen LogP) is 3.97. The molecule has 0 atom stereocenters. The van der Waals surface area contributed by atoms with Crippen molar-refractivity contribution >= 4 is 27.3 Å². The van der Waals surface area contributed by atoms with Crippen LogP contribution >= 0.6 is 0 Å². The van der Waals surface area contributed by atoms with Gasteiger partial charge in [-0.25, -0.2) is 4.79 Å². The van der Waals surface area contributed by atoms with E-state index in [0.717, 1.165) is 17.4 Å². The fourth-order valence-corrected chi connectivity index (χ4v) is 3.57. The number of aromatic nitrogens is 1. The highest BCUT2D eigenvalue weighted by atomic mass is 32.2. The van der Waals surface area contributed by atoms with Crippen molar-refractivity contribution < 1.29 is 27.1 Å². The number of benzene rings is 2. The number of methoxy groups -OCH3 is 2. The van der Waals surface area contributed by atoms with E-state index in [1.807, 2.05) is 19.1 Å². The second-order valence-electron chi connectivity index (χ2n) is 6.36. The summed E-state index contributed by atoms with van der Waals surface area (Å²) >= 11 is 0. The van der Waals surface area contributed by atoms with Gasteiger partial charge in [0.2, 0.25) is 10.9 Å². The first-order chi connectivity index (χ1) is 14.2. The zero-order valence-electron chi connectivity index (χ0n) is 16.6. The van der Waals surface area contributed by atoms with Crippen molar-refractivity contribution in [2.24, 2.45) is 0 Å². The molecule has 0 saturated heterocycles. The number of esters is 1. The molecule has 9 heteroatoms. The van der Waals surface area contributed by atoms with Crippen LogP contribution in [0, 0.1) is 0 Å². The van der Waals surface area contributed by atoms with Crippen LogP contribution in [0.25, 0.3) is 17.0 Å². The molecule has 0 bridgehead atoms. The van der Waals surface area contributed by atoms with Crippen LogP contribution < -0.4 is 9.46 Å². The van der Waals surface area contributed by atoms with E-state index in [2.05, 4.69) is 21.0 Å². The molecule has 0 radical (unpaired) electrons. The number of carbonyl (C=O) groups excluding carboxylic acids is 1. The maximum absolute atomic E-state index is 12.7. The topological polar surface area (TPSA) is 108 Å². The number of rotatable bonds is 7. The number of carbonyl (C=O) groups is 1. The number of ether oxygens (including phenoxy) is 2. The predicted molar refractivity (Wildman–Crippen MR) is 112 cm³/mol. The molecule has 1 N–H and O–H groups in total. The molecule has 0 amide bonds. The van der Waals surface area contributed by atoms with Crippen LogP contribution in [0.4, 0.5) is 5.69 Å². The SMILES string of the molecule is C=C(C)c1ccc(-c2nc(S(=O)(=O)Nc3ccc(C(=O)OC)cc3OC)co2)cc1. The highest BCUT2D eigenvalue weighted by Gasteiger charge is 2.22. The van der Waals surface area contributed by atoms with Gasteiger partial charge in [-0.15, -0.1) is 0 Å². The molecule has 3 rings (SSSR count). The van der Waals surface area contributed by atoms with Crippen molar-refractivity contribution in [1.29, 1.82) is 0 Å². The maximum atomic E-state index is 12.7. The molecule has 1 heterocycles. The fraction of sp³-hybridized carbons (Fsp3) is 0.143. The van der Waals surface area contributed by atoms with Crippen molar-refractivity contribution in [1.82, 2.24) is 4.98 Å². The summed E-state index contributed by atoms with van der Waals surface area (Å²) in [5, 5.41) is -0.291. The van der Waals surface area contributed by atoms with Gasteiger partial charge in [-0.1, -0.05) is 24.3 Å². The number of sulfonamides is 1. The third-order valence-electron chi connectivity index (χ3n) is 4.25. The number of nitrogens with zero attached hydrogens (tertiary/aromatic N) is 1. The normalized spacial score (nSPS) is 11.0. The van der Waals surface area contributed by atoms with Crippen LogP contribution in [0.1, 0.15) is 22.8 Å². The minimum absolute atomic E-state index is 0.139. The molecule has 0 aliphatic carbocycles. The Morgan fingerprint density at radius 1 is 1.10 bits per heavy atom. The second-order valence-corrected chi connectivity index (χ2v) is 7.99. The molecule has 156 valence electrons. The molecule has 1 aromatic heterocycles. The largest absolute Gasteiger partial charge is 0.495 e. The lowest BCUT2D eigenvalue weighted by Crippen LogP contribution is -2.14. The van der Waals surface area contributed by atoms with Gasteiger partial charge in [0.15, 0.2) is 0 Å². The molecular formula is C21H20N2O6S. The summed E-state index contributed by atoms with van der Waals surface area (Å²) in [5.41, 5.74) is 2.86. The summed E-state index contributed by atoms with van der Waals surface area (Å²) in [5.74, 6) is -0.251. The van der Waals surface area contributed by atoms with Crippen LogP contribution in [0.2, 0.25) is 0 Å². The molecule has 0 unspecified atom stereocenters. The zero-order chi connectivity index (χ0) is 21.9. The Morgan fingerprint density at radius 3 is 2.37 bits per heavy atom. The maximum Gasteiger partial charge on any atom is 0.337 e. The van der Waals surface area contributed by atoms with E-state index in [9.17, 15) is 13.2 Å². The number of oxazole rings is 1. The van der Waals surface area contributed by atoms with Gasteiger partial charge in [-0.2, -0.15) is 13.4 Å². The Labute approximate surface area is 174 Å². The van der Waals surface area contributed by atoms with Crippen molar-refractivity contribution in [3.8, 4) is 17.2 Å². The summed E-state index contributed by atoms with van der Waals surface area (Å²) < 4.78 is 43.1. The van der Waals surface area contributed by atoms with Gasteiger partial charge >= 0.3 is 5.97 Å². The van der Waals surface area contributed by atoms with Crippen LogP contribution in [0.15, 0.2) is 64.7 Å². The summed E-state index contributed by atoms with van der Waals surface area (Å²) in [6.07, 6.45) is 1.06. The Morgan fingerprint density at radius 2 is 1.77 bits per heavy atom. The minimum Gasteiger partial charge on any atom is -0.495 e. The zero-order valence-corrected chi connectivity index (χ0v) is 17.4. The molecule has 0 spiro atoms.